The van der Waals surface area contributed by atoms with Crippen LogP contribution < -0.4 is 4.74 Å². The molecular formula is C19H23NO3. The Labute approximate surface area is 136 Å². The summed E-state index contributed by atoms with van der Waals surface area (Å²) >= 11 is 0. The topological polar surface area (TPSA) is 49.8 Å². The first-order valence-electron chi connectivity index (χ1n) is 8.22. The molecule has 3 rings (SSSR count). The van der Waals surface area contributed by atoms with Gasteiger partial charge >= 0.3 is 0 Å². The first-order chi connectivity index (χ1) is 11.2. The molecule has 1 aliphatic rings. The number of carbonyl (C=O) groups is 1. The average molecular weight is 313 g/mol. The maximum Gasteiger partial charge on any atom is 0.219 e. The molecular weight excluding hydrogens is 290 g/mol. The van der Waals surface area contributed by atoms with Crippen molar-refractivity contribution in [3.8, 4) is 5.75 Å². The average Bonchev–Trinajstić information content (AvgIpc) is 2.59. The number of likely N-dealkylation sites (tertiary alicyclic amines) is 1. The van der Waals surface area contributed by atoms with E-state index in [4.69, 9.17) is 4.74 Å². The SMILES string of the molecule is CC(=O)N1CCCC[C@H]1[C@H](O)COc1cccc2ccccc12. The molecule has 23 heavy (non-hydrogen) atoms. The fourth-order valence-corrected chi connectivity index (χ4v) is 3.36. The van der Waals surface area contributed by atoms with E-state index in [0.717, 1.165) is 42.3 Å². The van der Waals surface area contributed by atoms with E-state index in [1.165, 1.54) is 0 Å². The third kappa shape index (κ3) is 3.48. The number of nitrogens with zero attached hydrogens (tertiary/aromatic N) is 1. The van der Waals surface area contributed by atoms with Gasteiger partial charge in [-0.05, 0) is 30.7 Å². The third-order valence-electron chi connectivity index (χ3n) is 4.56. The Morgan fingerprint density at radius 2 is 2.04 bits per heavy atom. The molecule has 1 amide bonds. The van der Waals surface area contributed by atoms with Crippen LogP contribution in [0.25, 0.3) is 10.8 Å². The lowest BCUT2D eigenvalue weighted by molar-refractivity contribution is -0.136. The molecule has 0 aromatic heterocycles. The van der Waals surface area contributed by atoms with E-state index in [1.807, 2.05) is 42.5 Å². The van der Waals surface area contributed by atoms with Crippen LogP contribution in [0.2, 0.25) is 0 Å². The molecule has 0 saturated carbocycles. The van der Waals surface area contributed by atoms with Crippen LogP contribution in [0.1, 0.15) is 26.2 Å². The van der Waals surface area contributed by atoms with Crippen LogP contribution in [-0.4, -0.2) is 41.2 Å². The lowest BCUT2D eigenvalue weighted by Gasteiger charge is -2.37. The molecule has 1 N–H and O–H groups in total. The largest absolute Gasteiger partial charge is 0.490 e. The molecule has 0 bridgehead atoms. The van der Waals surface area contributed by atoms with Gasteiger partial charge < -0.3 is 14.7 Å². The van der Waals surface area contributed by atoms with Gasteiger partial charge in [0.25, 0.3) is 0 Å². The van der Waals surface area contributed by atoms with Gasteiger partial charge in [-0.25, -0.2) is 0 Å². The van der Waals surface area contributed by atoms with E-state index in [1.54, 1.807) is 11.8 Å². The second kappa shape index (κ2) is 7.01. The van der Waals surface area contributed by atoms with E-state index in [0.29, 0.717) is 0 Å². The zero-order valence-corrected chi connectivity index (χ0v) is 13.4. The number of aliphatic hydroxyl groups excluding tert-OH is 1. The molecule has 122 valence electrons. The Morgan fingerprint density at radius 1 is 1.26 bits per heavy atom. The van der Waals surface area contributed by atoms with Crippen molar-refractivity contribution in [2.45, 2.75) is 38.3 Å². The second-order valence-electron chi connectivity index (χ2n) is 6.13. The number of rotatable bonds is 4. The molecule has 2 atom stereocenters. The number of hydrogen-bond acceptors (Lipinski definition) is 3. The first kappa shape index (κ1) is 15.8. The van der Waals surface area contributed by atoms with Gasteiger partial charge in [-0.15, -0.1) is 0 Å². The van der Waals surface area contributed by atoms with Crippen molar-refractivity contribution in [2.24, 2.45) is 0 Å². The molecule has 0 spiro atoms. The normalized spacial score (nSPS) is 19.6. The predicted octanol–water partition coefficient (Wildman–Crippen LogP) is 2.98. The Balaban J connectivity index is 1.70. The standard InChI is InChI=1S/C19H23NO3/c1-14(21)20-12-5-4-10-17(20)18(22)13-23-19-11-6-8-15-7-2-3-9-16(15)19/h2-3,6-9,11,17-18,22H,4-5,10,12-13H2,1H3/t17-,18+/m0/s1. The number of amides is 1. The number of hydrogen-bond donors (Lipinski definition) is 1. The molecule has 0 unspecified atom stereocenters. The number of fused-ring (bicyclic) bond motifs is 1. The van der Waals surface area contributed by atoms with Crippen LogP contribution in [0.5, 0.6) is 5.75 Å². The maximum absolute atomic E-state index is 11.7. The molecule has 1 fully saturated rings. The van der Waals surface area contributed by atoms with Crippen LogP contribution in [-0.2, 0) is 4.79 Å². The van der Waals surface area contributed by atoms with Gasteiger partial charge in [0, 0.05) is 18.9 Å². The molecule has 4 heteroatoms. The monoisotopic (exact) mass is 313 g/mol. The second-order valence-corrected chi connectivity index (χ2v) is 6.13. The number of ether oxygens (including phenoxy) is 1. The van der Waals surface area contributed by atoms with Crippen molar-refractivity contribution in [3.63, 3.8) is 0 Å². The van der Waals surface area contributed by atoms with E-state index < -0.39 is 6.10 Å². The number of piperidine rings is 1. The van der Waals surface area contributed by atoms with Gasteiger partial charge in [-0.1, -0.05) is 36.4 Å². The summed E-state index contributed by atoms with van der Waals surface area (Å²) in [5.41, 5.74) is 0. The third-order valence-corrected chi connectivity index (χ3v) is 4.56. The van der Waals surface area contributed by atoms with Crippen molar-refractivity contribution in [1.82, 2.24) is 4.90 Å². The lowest BCUT2D eigenvalue weighted by atomic mass is 9.97. The van der Waals surface area contributed by atoms with Crippen LogP contribution in [0, 0.1) is 0 Å². The summed E-state index contributed by atoms with van der Waals surface area (Å²) in [6.45, 7) is 2.49. The van der Waals surface area contributed by atoms with Crippen molar-refractivity contribution >= 4 is 16.7 Å². The van der Waals surface area contributed by atoms with Crippen LogP contribution in [0.4, 0.5) is 0 Å². The lowest BCUT2D eigenvalue weighted by Crippen LogP contribution is -2.50. The summed E-state index contributed by atoms with van der Waals surface area (Å²) in [6, 6.07) is 13.8. The smallest absolute Gasteiger partial charge is 0.219 e. The van der Waals surface area contributed by atoms with Gasteiger partial charge in [0.05, 0.1) is 6.04 Å². The van der Waals surface area contributed by atoms with Gasteiger partial charge in [-0.3, -0.25) is 4.79 Å². The van der Waals surface area contributed by atoms with Crippen LogP contribution in [0.15, 0.2) is 42.5 Å². The van der Waals surface area contributed by atoms with Crippen molar-refractivity contribution in [1.29, 1.82) is 0 Å². The zero-order chi connectivity index (χ0) is 16.2. The van der Waals surface area contributed by atoms with Gasteiger partial charge in [0.1, 0.15) is 18.5 Å². The fourth-order valence-electron chi connectivity index (χ4n) is 3.36. The summed E-state index contributed by atoms with van der Waals surface area (Å²) in [7, 11) is 0. The van der Waals surface area contributed by atoms with Crippen molar-refractivity contribution in [2.75, 3.05) is 13.2 Å². The molecule has 1 aliphatic heterocycles. The summed E-state index contributed by atoms with van der Waals surface area (Å²) < 4.78 is 5.87. The van der Waals surface area contributed by atoms with E-state index >= 15 is 0 Å². The molecule has 0 radical (unpaired) electrons. The predicted molar refractivity (Wildman–Crippen MR) is 90.5 cm³/mol. The number of aliphatic hydroxyl groups is 1. The summed E-state index contributed by atoms with van der Waals surface area (Å²) in [5, 5.41) is 12.7. The Morgan fingerprint density at radius 3 is 2.87 bits per heavy atom. The van der Waals surface area contributed by atoms with Crippen molar-refractivity contribution in [3.05, 3.63) is 42.5 Å². The van der Waals surface area contributed by atoms with Crippen LogP contribution >= 0.6 is 0 Å². The van der Waals surface area contributed by atoms with Gasteiger partial charge in [0.15, 0.2) is 0 Å². The van der Waals surface area contributed by atoms with Gasteiger partial charge in [0.2, 0.25) is 5.91 Å². The molecule has 4 nitrogen and oxygen atoms in total. The first-order valence-corrected chi connectivity index (χ1v) is 8.22. The minimum atomic E-state index is -0.668. The molecule has 2 aromatic carbocycles. The number of carbonyl (C=O) groups excluding carboxylic acids is 1. The molecule has 1 heterocycles. The van der Waals surface area contributed by atoms with Gasteiger partial charge in [-0.2, -0.15) is 0 Å². The fraction of sp³-hybridized carbons (Fsp3) is 0.421. The minimum absolute atomic E-state index is 0.0268. The van der Waals surface area contributed by atoms with Crippen molar-refractivity contribution < 1.29 is 14.6 Å². The minimum Gasteiger partial charge on any atom is -0.490 e. The highest BCUT2D eigenvalue weighted by Gasteiger charge is 2.30. The summed E-state index contributed by atoms with van der Waals surface area (Å²) in [4.78, 5) is 13.5. The summed E-state index contributed by atoms with van der Waals surface area (Å²) in [6.07, 6.45) is 2.21. The highest BCUT2D eigenvalue weighted by molar-refractivity contribution is 5.88. The molecule has 2 aromatic rings. The Hall–Kier alpha value is -2.07. The molecule has 1 saturated heterocycles. The zero-order valence-electron chi connectivity index (χ0n) is 13.4. The van der Waals surface area contributed by atoms with E-state index in [-0.39, 0.29) is 18.6 Å². The highest BCUT2D eigenvalue weighted by atomic mass is 16.5. The quantitative estimate of drug-likeness (QED) is 0.944. The Kier molecular flexibility index (Phi) is 4.82. The van der Waals surface area contributed by atoms with E-state index in [9.17, 15) is 9.90 Å². The highest BCUT2D eigenvalue weighted by Crippen LogP contribution is 2.26. The number of benzene rings is 2. The van der Waals surface area contributed by atoms with Crippen LogP contribution in [0.3, 0.4) is 0 Å². The maximum atomic E-state index is 11.7. The Bertz CT molecular complexity index is 680. The van der Waals surface area contributed by atoms with E-state index in [2.05, 4.69) is 0 Å². The summed E-state index contributed by atoms with van der Waals surface area (Å²) in [5.74, 6) is 0.797. The molecule has 0 aliphatic carbocycles.